The normalized spacial score (nSPS) is 18.9. The van der Waals surface area contributed by atoms with E-state index >= 15 is 0 Å². The molecular formula is C27H33N5. The fourth-order valence-corrected chi connectivity index (χ4v) is 3.79. The first-order valence-electron chi connectivity index (χ1n) is 10.8. The molecule has 3 rings (SSSR count). The summed E-state index contributed by atoms with van der Waals surface area (Å²) in [4.78, 5) is 11.1. The van der Waals surface area contributed by atoms with Gasteiger partial charge in [-0.3, -0.25) is 4.99 Å². The van der Waals surface area contributed by atoms with Crippen LogP contribution in [-0.4, -0.2) is 37.5 Å². The molecule has 2 aliphatic heterocycles. The smallest absolute Gasteiger partial charge is 0.126 e. The van der Waals surface area contributed by atoms with E-state index in [0.29, 0.717) is 0 Å². The first-order valence-corrected chi connectivity index (χ1v) is 10.8. The molecule has 0 bridgehead atoms. The van der Waals surface area contributed by atoms with Gasteiger partial charge in [0, 0.05) is 49.5 Å². The van der Waals surface area contributed by atoms with E-state index in [1.54, 1.807) is 19.3 Å². The molecule has 0 atom stereocenters. The third kappa shape index (κ3) is 5.62. The predicted octanol–water partition coefficient (Wildman–Crippen LogP) is 4.52. The largest absolute Gasteiger partial charge is 0.404 e. The number of allylic oxidation sites excluding steroid dienone is 7. The third-order valence-electron chi connectivity index (χ3n) is 5.84. The van der Waals surface area contributed by atoms with Crippen LogP contribution in [-0.2, 0) is 13.0 Å². The molecule has 1 aromatic rings. The average molecular weight is 428 g/mol. The van der Waals surface area contributed by atoms with Gasteiger partial charge in [0.05, 0.1) is 0 Å². The fraction of sp³-hybridized carbons (Fsp3) is 0.259. The highest BCUT2D eigenvalue weighted by atomic mass is 15.1. The lowest BCUT2D eigenvalue weighted by Gasteiger charge is -2.25. The van der Waals surface area contributed by atoms with E-state index in [1.165, 1.54) is 11.1 Å². The summed E-state index contributed by atoms with van der Waals surface area (Å²) in [7, 11) is 3.91. The van der Waals surface area contributed by atoms with Crippen LogP contribution in [0.25, 0.3) is 5.70 Å². The van der Waals surface area contributed by atoms with Gasteiger partial charge in [-0.15, -0.1) is 0 Å². The van der Waals surface area contributed by atoms with Crippen LogP contribution in [0.3, 0.4) is 0 Å². The molecule has 5 nitrogen and oxygen atoms in total. The molecule has 0 amide bonds. The Labute approximate surface area is 191 Å². The summed E-state index contributed by atoms with van der Waals surface area (Å²) in [6.45, 7) is 12.2. The number of aliphatic imine (C=N–C) groups is 2. The Kier molecular flexibility index (Phi) is 7.79. The van der Waals surface area contributed by atoms with Gasteiger partial charge in [0.15, 0.2) is 0 Å². The maximum absolute atomic E-state index is 5.78. The Bertz CT molecular complexity index is 1080. The van der Waals surface area contributed by atoms with Gasteiger partial charge in [0.2, 0.25) is 0 Å². The number of likely N-dealkylation sites (N-methyl/N-ethyl adjacent to an activating group) is 1. The zero-order valence-electron chi connectivity index (χ0n) is 19.4. The van der Waals surface area contributed by atoms with E-state index in [-0.39, 0.29) is 0 Å². The highest BCUT2D eigenvalue weighted by molar-refractivity contribution is 6.02. The summed E-state index contributed by atoms with van der Waals surface area (Å²) >= 11 is 0. The van der Waals surface area contributed by atoms with Gasteiger partial charge in [-0.25, -0.2) is 4.99 Å². The first-order chi connectivity index (χ1) is 15.4. The van der Waals surface area contributed by atoms with Crippen LogP contribution in [0.5, 0.6) is 0 Å². The van der Waals surface area contributed by atoms with Gasteiger partial charge >= 0.3 is 0 Å². The van der Waals surface area contributed by atoms with Crippen LogP contribution < -0.4 is 11.1 Å². The fourth-order valence-electron chi connectivity index (χ4n) is 3.79. The highest BCUT2D eigenvalue weighted by Gasteiger charge is 2.14. The van der Waals surface area contributed by atoms with Gasteiger partial charge in [0.1, 0.15) is 5.82 Å². The number of benzene rings is 1. The molecule has 0 saturated carbocycles. The summed E-state index contributed by atoms with van der Waals surface area (Å²) in [6.07, 6.45) is 13.2. The van der Waals surface area contributed by atoms with Gasteiger partial charge in [-0.1, -0.05) is 43.5 Å². The van der Waals surface area contributed by atoms with Crippen LogP contribution in [0.15, 0.2) is 94.4 Å². The van der Waals surface area contributed by atoms with Crippen LogP contribution in [0.1, 0.15) is 30.0 Å². The molecule has 0 aliphatic carbocycles. The van der Waals surface area contributed by atoms with Crippen LogP contribution in [0.4, 0.5) is 0 Å². The molecule has 0 saturated heterocycles. The maximum atomic E-state index is 5.78. The third-order valence-corrected chi connectivity index (χ3v) is 5.84. The zero-order chi connectivity index (χ0) is 23.1. The Balaban J connectivity index is 1.65. The number of nitrogens with one attached hydrogen (secondary N) is 1. The first kappa shape index (κ1) is 23.2. The van der Waals surface area contributed by atoms with E-state index in [1.807, 2.05) is 25.3 Å². The number of nitrogens with two attached hydrogens (primary N) is 1. The summed E-state index contributed by atoms with van der Waals surface area (Å²) < 4.78 is 0. The highest BCUT2D eigenvalue weighted by Crippen LogP contribution is 2.23. The summed E-state index contributed by atoms with van der Waals surface area (Å²) in [6, 6.07) is 6.60. The maximum Gasteiger partial charge on any atom is 0.126 e. The lowest BCUT2D eigenvalue weighted by molar-refractivity contribution is 0.313. The molecular weight excluding hydrogens is 394 g/mol. The van der Waals surface area contributed by atoms with Crippen molar-refractivity contribution in [2.24, 2.45) is 15.7 Å². The predicted molar refractivity (Wildman–Crippen MR) is 138 cm³/mol. The van der Waals surface area contributed by atoms with E-state index < -0.39 is 0 Å². The molecule has 166 valence electrons. The Morgan fingerprint density at radius 3 is 2.78 bits per heavy atom. The quantitative estimate of drug-likeness (QED) is 0.497. The molecule has 2 aliphatic rings. The number of hydrogen-bond acceptors (Lipinski definition) is 5. The van der Waals surface area contributed by atoms with Crippen molar-refractivity contribution in [3.8, 4) is 0 Å². The van der Waals surface area contributed by atoms with Crippen molar-refractivity contribution in [2.45, 2.75) is 26.3 Å². The van der Waals surface area contributed by atoms with E-state index in [2.05, 4.69) is 64.7 Å². The molecule has 2 heterocycles. The summed E-state index contributed by atoms with van der Waals surface area (Å²) in [5, 5.41) is 3.36. The lowest BCUT2D eigenvalue weighted by atomic mass is 9.97. The van der Waals surface area contributed by atoms with Crippen molar-refractivity contribution in [1.29, 1.82) is 0 Å². The second kappa shape index (κ2) is 10.7. The topological polar surface area (TPSA) is 66.0 Å². The van der Waals surface area contributed by atoms with Crippen LogP contribution in [0.2, 0.25) is 0 Å². The van der Waals surface area contributed by atoms with Gasteiger partial charge in [0.25, 0.3) is 0 Å². The minimum Gasteiger partial charge on any atom is -0.404 e. The Hall–Kier alpha value is -3.44. The summed E-state index contributed by atoms with van der Waals surface area (Å²) in [5.41, 5.74) is 14.3. The molecule has 0 fully saturated rings. The average Bonchev–Trinajstić information content (AvgIpc) is 2.81. The molecule has 32 heavy (non-hydrogen) atoms. The zero-order valence-corrected chi connectivity index (χ0v) is 19.4. The number of fused-ring (bicyclic) bond motifs is 1. The lowest BCUT2D eigenvalue weighted by Crippen LogP contribution is -2.26. The second-order valence-corrected chi connectivity index (χ2v) is 8.08. The standard InChI is InChI=1S/C27H33N5/c1-6-22(26(16-28)20(3)29-4)9-7-21-8-12-27(30-17-21)31-19(2)23-10-11-25-18-32(5)14-13-24(25)15-23/h6-7,9-12,15-17,31H,1-2,8,13-14,18,28H2,3-5H3/b21-7+,22-9+,26-16?,29-20?. The molecule has 5 heteroatoms. The molecule has 0 radical (unpaired) electrons. The molecule has 3 N–H and O–H groups in total. The van der Waals surface area contributed by atoms with Crippen molar-refractivity contribution in [3.63, 3.8) is 0 Å². The van der Waals surface area contributed by atoms with Gasteiger partial charge in [-0.2, -0.15) is 0 Å². The molecule has 0 unspecified atom stereocenters. The van der Waals surface area contributed by atoms with Crippen LogP contribution in [0, 0.1) is 0 Å². The summed E-state index contributed by atoms with van der Waals surface area (Å²) in [5.74, 6) is 0.814. The van der Waals surface area contributed by atoms with Crippen molar-refractivity contribution in [2.75, 3.05) is 20.6 Å². The number of rotatable bonds is 7. The van der Waals surface area contributed by atoms with Crippen molar-refractivity contribution in [1.82, 2.24) is 10.2 Å². The van der Waals surface area contributed by atoms with Crippen molar-refractivity contribution >= 4 is 17.6 Å². The minimum absolute atomic E-state index is 0.777. The van der Waals surface area contributed by atoms with Crippen molar-refractivity contribution < 1.29 is 0 Å². The number of hydrogen-bond donors (Lipinski definition) is 2. The Morgan fingerprint density at radius 2 is 2.12 bits per heavy atom. The SMILES string of the molecule is C=C/C(=C\C=C1\C=NC(NC(=C)c2ccc3c(c2)CCN(C)C3)=CC1)C(=CN)C(C)=NC. The molecule has 1 aromatic carbocycles. The second-order valence-electron chi connectivity index (χ2n) is 8.08. The Morgan fingerprint density at radius 1 is 1.31 bits per heavy atom. The number of nitrogens with zero attached hydrogens (tertiary/aromatic N) is 3. The molecule has 0 spiro atoms. The van der Waals surface area contributed by atoms with Crippen molar-refractivity contribution in [3.05, 3.63) is 101 Å². The van der Waals surface area contributed by atoms with Crippen LogP contribution >= 0.6 is 0 Å². The minimum atomic E-state index is 0.777. The van der Waals surface area contributed by atoms with E-state index in [0.717, 1.165) is 65.4 Å². The van der Waals surface area contributed by atoms with E-state index in [4.69, 9.17) is 5.73 Å². The van der Waals surface area contributed by atoms with Gasteiger partial charge in [-0.05, 0) is 66.8 Å². The van der Waals surface area contributed by atoms with Gasteiger partial charge < -0.3 is 16.0 Å². The van der Waals surface area contributed by atoms with E-state index in [9.17, 15) is 0 Å². The monoisotopic (exact) mass is 427 g/mol. The molecule has 0 aromatic heterocycles.